The van der Waals surface area contributed by atoms with Gasteiger partial charge in [0.15, 0.2) is 11.5 Å². The van der Waals surface area contributed by atoms with Gasteiger partial charge in [0.2, 0.25) is 0 Å². The van der Waals surface area contributed by atoms with E-state index in [2.05, 4.69) is 34.4 Å². The number of carbonyl (C=O) groups is 1. The minimum atomic E-state index is -0.495. The van der Waals surface area contributed by atoms with Crippen LogP contribution in [0.3, 0.4) is 0 Å². The molecule has 0 aliphatic carbocycles. The number of carbonyl (C=O) groups excluding carboxylic acids is 1. The quantitative estimate of drug-likeness (QED) is 0.277. The van der Waals surface area contributed by atoms with E-state index < -0.39 is 5.91 Å². The highest BCUT2D eigenvalue weighted by atomic mass is 79.9. The number of nitrogens with zero attached hydrogens (tertiary/aromatic N) is 1. The number of nitriles is 1. The van der Waals surface area contributed by atoms with Crippen molar-refractivity contribution in [1.29, 1.82) is 5.26 Å². The first-order valence-electron chi connectivity index (χ1n) is 9.35. The van der Waals surface area contributed by atoms with Gasteiger partial charge in [0.1, 0.15) is 18.2 Å². The second-order valence-electron chi connectivity index (χ2n) is 6.17. The molecule has 0 radical (unpaired) electrons. The second-order valence-corrected chi connectivity index (χ2v) is 7.08. The molecule has 2 aromatic carbocycles. The van der Waals surface area contributed by atoms with Gasteiger partial charge in [0, 0.05) is 15.7 Å². The lowest BCUT2D eigenvalue weighted by Crippen LogP contribution is -2.13. The van der Waals surface area contributed by atoms with Gasteiger partial charge < -0.3 is 14.8 Å². The van der Waals surface area contributed by atoms with Crippen LogP contribution in [0.25, 0.3) is 6.08 Å². The zero-order chi connectivity index (χ0) is 21.9. The van der Waals surface area contributed by atoms with Crippen LogP contribution in [0.15, 0.2) is 71.8 Å². The number of ether oxygens (including phenoxy) is 2. The van der Waals surface area contributed by atoms with Crippen molar-refractivity contribution in [3.05, 3.63) is 82.9 Å². The number of rotatable bonds is 10. The van der Waals surface area contributed by atoms with Crippen molar-refractivity contribution in [2.75, 3.05) is 18.5 Å². The molecule has 154 valence electrons. The van der Waals surface area contributed by atoms with Crippen LogP contribution in [0.4, 0.5) is 5.69 Å². The summed E-state index contributed by atoms with van der Waals surface area (Å²) in [6.07, 6.45) is 5.48. The van der Waals surface area contributed by atoms with Crippen molar-refractivity contribution in [3.63, 3.8) is 0 Å². The Morgan fingerprint density at radius 3 is 2.67 bits per heavy atom. The average molecular weight is 467 g/mol. The maximum Gasteiger partial charge on any atom is 0.266 e. The van der Waals surface area contributed by atoms with E-state index >= 15 is 0 Å². The van der Waals surface area contributed by atoms with Crippen molar-refractivity contribution in [2.45, 2.75) is 13.3 Å². The lowest BCUT2D eigenvalue weighted by Gasteiger charge is -2.16. The van der Waals surface area contributed by atoms with Crippen LogP contribution in [0.1, 0.15) is 18.1 Å². The van der Waals surface area contributed by atoms with Crippen molar-refractivity contribution < 1.29 is 14.3 Å². The second kappa shape index (κ2) is 11.6. The third-order valence-corrected chi connectivity index (χ3v) is 4.42. The molecular formula is C24H23BrN2O3. The summed E-state index contributed by atoms with van der Waals surface area (Å²) in [5.41, 5.74) is 2.06. The van der Waals surface area contributed by atoms with Gasteiger partial charge in [0.05, 0.1) is 6.61 Å². The van der Waals surface area contributed by atoms with Crippen molar-refractivity contribution >= 4 is 33.6 Å². The van der Waals surface area contributed by atoms with E-state index in [1.165, 1.54) is 6.08 Å². The molecule has 0 bridgehead atoms. The summed E-state index contributed by atoms with van der Waals surface area (Å²) < 4.78 is 12.3. The Morgan fingerprint density at radius 1 is 1.23 bits per heavy atom. The Morgan fingerprint density at radius 2 is 2.03 bits per heavy atom. The molecule has 2 aromatic rings. The first kappa shape index (κ1) is 23.0. The lowest BCUT2D eigenvalue weighted by atomic mass is 10.0. The van der Waals surface area contributed by atoms with Gasteiger partial charge in [-0.1, -0.05) is 40.7 Å². The van der Waals surface area contributed by atoms with Gasteiger partial charge in [0.25, 0.3) is 5.91 Å². The summed E-state index contributed by atoms with van der Waals surface area (Å²) in [6.45, 7) is 10.1. The Labute approximate surface area is 185 Å². The minimum Gasteiger partial charge on any atom is -0.490 e. The first-order valence-corrected chi connectivity index (χ1v) is 10.1. The van der Waals surface area contributed by atoms with Gasteiger partial charge in [-0.3, -0.25) is 4.79 Å². The smallest absolute Gasteiger partial charge is 0.266 e. The van der Waals surface area contributed by atoms with E-state index in [0.29, 0.717) is 42.4 Å². The number of allylic oxidation sites excluding steroid dienone is 1. The number of halogens is 1. The summed E-state index contributed by atoms with van der Waals surface area (Å²) >= 11 is 3.36. The number of anilines is 1. The average Bonchev–Trinajstić information content (AvgIpc) is 2.72. The standard InChI is InChI=1S/C24H23BrN2O3/c1-4-8-18-12-17(14-22(29-6-3)23(18)30-11-5-2)13-19(16-26)24(28)27-21-10-7-9-20(25)15-21/h4-5,7,9-10,12-15H,1-2,6,8,11H2,3H3,(H,27,28)/b19-13-. The molecule has 0 saturated carbocycles. The molecule has 6 heteroatoms. The fraction of sp³-hybridized carbons (Fsp3) is 0.167. The molecule has 0 aromatic heterocycles. The maximum atomic E-state index is 12.6. The molecule has 1 N–H and O–H groups in total. The molecule has 5 nitrogen and oxygen atoms in total. The molecular weight excluding hydrogens is 444 g/mol. The number of benzene rings is 2. The largest absolute Gasteiger partial charge is 0.490 e. The number of nitrogens with one attached hydrogen (secondary N) is 1. The predicted molar refractivity (Wildman–Crippen MR) is 124 cm³/mol. The van der Waals surface area contributed by atoms with Crippen LogP contribution in [0, 0.1) is 11.3 Å². The fourth-order valence-electron chi connectivity index (χ4n) is 2.72. The zero-order valence-corrected chi connectivity index (χ0v) is 18.4. The summed E-state index contributed by atoms with van der Waals surface area (Å²) in [6, 6.07) is 12.7. The third-order valence-electron chi connectivity index (χ3n) is 3.92. The number of hydrogen-bond donors (Lipinski definition) is 1. The Hall–Kier alpha value is -3.30. The van der Waals surface area contributed by atoms with Crippen molar-refractivity contribution in [1.82, 2.24) is 0 Å². The lowest BCUT2D eigenvalue weighted by molar-refractivity contribution is -0.112. The molecule has 30 heavy (non-hydrogen) atoms. The van der Waals surface area contributed by atoms with Crippen LogP contribution in [-0.4, -0.2) is 19.1 Å². The molecule has 0 aliphatic heterocycles. The topological polar surface area (TPSA) is 71.3 Å². The van der Waals surface area contributed by atoms with Gasteiger partial charge in [-0.05, 0) is 55.3 Å². The van der Waals surface area contributed by atoms with E-state index in [-0.39, 0.29) is 5.57 Å². The Kier molecular flexibility index (Phi) is 8.92. The highest BCUT2D eigenvalue weighted by Gasteiger charge is 2.15. The van der Waals surface area contributed by atoms with E-state index in [1.54, 1.807) is 36.4 Å². The normalized spacial score (nSPS) is 10.6. The van der Waals surface area contributed by atoms with Gasteiger partial charge >= 0.3 is 0 Å². The van der Waals surface area contributed by atoms with E-state index in [1.807, 2.05) is 25.1 Å². The van der Waals surface area contributed by atoms with Crippen molar-refractivity contribution in [3.8, 4) is 17.6 Å². The molecule has 0 atom stereocenters. The highest BCUT2D eigenvalue weighted by Crippen LogP contribution is 2.34. The van der Waals surface area contributed by atoms with Crippen LogP contribution in [-0.2, 0) is 11.2 Å². The SMILES string of the molecule is C=CCOc1c(CC=C)cc(/C=C(/C#N)C(=O)Nc2cccc(Br)c2)cc1OCC. The van der Waals surface area contributed by atoms with Gasteiger partial charge in [-0.2, -0.15) is 5.26 Å². The Bertz CT molecular complexity index is 1010. The molecule has 0 saturated heterocycles. The maximum absolute atomic E-state index is 12.6. The highest BCUT2D eigenvalue weighted by molar-refractivity contribution is 9.10. The monoisotopic (exact) mass is 466 g/mol. The third kappa shape index (κ3) is 6.36. The van der Waals surface area contributed by atoms with Crippen LogP contribution in [0.2, 0.25) is 0 Å². The van der Waals surface area contributed by atoms with E-state index in [4.69, 9.17) is 9.47 Å². The molecule has 0 spiro atoms. The van der Waals surface area contributed by atoms with Crippen molar-refractivity contribution in [2.24, 2.45) is 0 Å². The van der Waals surface area contributed by atoms with Crippen LogP contribution < -0.4 is 14.8 Å². The van der Waals surface area contributed by atoms with Gasteiger partial charge in [-0.15, -0.1) is 6.58 Å². The Balaban J connectivity index is 2.42. The molecule has 0 unspecified atom stereocenters. The summed E-state index contributed by atoms with van der Waals surface area (Å²) in [5.74, 6) is 0.645. The molecule has 0 heterocycles. The molecule has 2 rings (SSSR count). The van der Waals surface area contributed by atoms with E-state index in [9.17, 15) is 10.1 Å². The molecule has 0 aliphatic rings. The number of hydrogen-bond acceptors (Lipinski definition) is 4. The fourth-order valence-corrected chi connectivity index (χ4v) is 3.12. The summed E-state index contributed by atoms with van der Waals surface area (Å²) in [7, 11) is 0. The van der Waals surface area contributed by atoms with E-state index in [0.717, 1.165) is 10.0 Å². The summed E-state index contributed by atoms with van der Waals surface area (Å²) in [4.78, 5) is 12.6. The molecule has 1 amide bonds. The van der Waals surface area contributed by atoms with Gasteiger partial charge in [-0.25, -0.2) is 0 Å². The van der Waals surface area contributed by atoms with Crippen LogP contribution >= 0.6 is 15.9 Å². The first-order chi connectivity index (χ1) is 14.5. The zero-order valence-electron chi connectivity index (χ0n) is 16.8. The number of amides is 1. The summed E-state index contributed by atoms with van der Waals surface area (Å²) in [5, 5.41) is 12.3. The molecule has 0 fully saturated rings. The predicted octanol–water partition coefficient (Wildman–Crippen LogP) is 5.69. The minimum absolute atomic E-state index is 0.0262. The van der Waals surface area contributed by atoms with Crippen LogP contribution in [0.5, 0.6) is 11.5 Å².